The molecule has 1 amide bonds. The summed E-state index contributed by atoms with van der Waals surface area (Å²) in [6, 6.07) is 9.30. The number of nitrogens with one attached hydrogen (secondary N) is 1. The second-order valence-corrected chi connectivity index (χ2v) is 4.39. The van der Waals surface area contributed by atoms with Crippen molar-refractivity contribution in [3.05, 3.63) is 53.3 Å². The van der Waals surface area contributed by atoms with Gasteiger partial charge >= 0.3 is 0 Å². The van der Waals surface area contributed by atoms with Crippen LogP contribution in [0.25, 0.3) is 0 Å². The smallest absolute Gasteiger partial charge is 0.251 e. The van der Waals surface area contributed by atoms with E-state index in [0.717, 1.165) is 17.7 Å². The average molecular weight is 258 g/mol. The van der Waals surface area contributed by atoms with Crippen LogP contribution in [-0.2, 0) is 20.0 Å². The van der Waals surface area contributed by atoms with E-state index in [1.54, 1.807) is 10.7 Å². The zero-order chi connectivity index (χ0) is 13.7. The van der Waals surface area contributed by atoms with Crippen LogP contribution in [0.2, 0.25) is 0 Å². The zero-order valence-corrected chi connectivity index (χ0v) is 11.0. The third-order valence-corrected chi connectivity index (χ3v) is 2.86. The Hall–Kier alpha value is -2.14. The summed E-state index contributed by atoms with van der Waals surface area (Å²) < 4.78 is 1.75. The van der Waals surface area contributed by atoms with Crippen LogP contribution in [0.4, 0.5) is 0 Å². The van der Waals surface area contributed by atoms with Crippen molar-refractivity contribution in [2.45, 2.75) is 13.0 Å². The predicted octanol–water partition coefficient (Wildman–Crippen LogP) is 0.851. The Morgan fingerprint density at radius 2 is 2.26 bits per heavy atom. The highest BCUT2D eigenvalue weighted by Crippen LogP contribution is 2.04. The van der Waals surface area contributed by atoms with Gasteiger partial charge in [0, 0.05) is 38.3 Å². The summed E-state index contributed by atoms with van der Waals surface area (Å²) in [4.78, 5) is 11.9. The Bertz CT molecular complexity index is 562. The van der Waals surface area contributed by atoms with Crippen LogP contribution in [0, 0.1) is 0 Å². The summed E-state index contributed by atoms with van der Waals surface area (Å²) >= 11 is 0. The number of rotatable bonds is 5. The topological polar surface area (TPSA) is 72.9 Å². The number of carbonyl (C=O) groups is 1. The maximum absolute atomic E-state index is 11.9. The molecule has 2 aromatic rings. The molecule has 0 atom stereocenters. The molecule has 0 fully saturated rings. The minimum Gasteiger partial charge on any atom is -0.352 e. The van der Waals surface area contributed by atoms with Gasteiger partial charge in [-0.3, -0.25) is 9.48 Å². The highest BCUT2D eigenvalue weighted by atomic mass is 16.1. The first-order chi connectivity index (χ1) is 9.19. The molecular formula is C14H18N4O. The molecule has 2 rings (SSSR count). The Kier molecular flexibility index (Phi) is 4.30. The fraction of sp³-hybridized carbons (Fsp3) is 0.286. The first-order valence-electron chi connectivity index (χ1n) is 6.25. The van der Waals surface area contributed by atoms with Gasteiger partial charge < -0.3 is 11.1 Å². The fourth-order valence-electron chi connectivity index (χ4n) is 1.84. The Balaban J connectivity index is 1.87. The molecule has 0 saturated heterocycles. The molecule has 5 heteroatoms. The Morgan fingerprint density at radius 1 is 1.42 bits per heavy atom. The lowest BCUT2D eigenvalue weighted by molar-refractivity contribution is 0.0954. The monoisotopic (exact) mass is 258 g/mol. The van der Waals surface area contributed by atoms with E-state index in [1.165, 1.54) is 0 Å². The van der Waals surface area contributed by atoms with E-state index in [1.807, 2.05) is 37.5 Å². The SMILES string of the molecule is Cn1ccc(CCNC(=O)c2cccc(CN)c2)n1. The van der Waals surface area contributed by atoms with E-state index in [2.05, 4.69) is 10.4 Å². The summed E-state index contributed by atoms with van der Waals surface area (Å²) in [6.45, 7) is 1.01. The Labute approximate surface area is 112 Å². The summed E-state index contributed by atoms with van der Waals surface area (Å²) in [5.41, 5.74) is 8.12. The first kappa shape index (κ1) is 13.3. The molecule has 3 N–H and O–H groups in total. The first-order valence-corrected chi connectivity index (χ1v) is 6.25. The van der Waals surface area contributed by atoms with Crippen LogP contribution in [0.1, 0.15) is 21.6 Å². The van der Waals surface area contributed by atoms with Gasteiger partial charge in [0.2, 0.25) is 0 Å². The summed E-state index contributed by atoms with van der Waals surface area (Å²) in [7, 11) is 1.88. The highest BCUT2D eigenvalue weighted by molar-refractivity contribution is 5.94. The number of benzene rings is 1. The van der Waals surface area contributed by atoms with Gasteiger partial charge in [-0.1, -0.05) is 12.1 Å². The number of amides is 1. The van der Waals surface area contributed by atoms with Crippen LogP contribution in [0.3, 0.4) is 0 Å². The van der Waals surface area contributed by atoms with Gasteiger partial charge in [-0.15, -0.1) is 0 Å². The van der Waals surface area contributed by atoms with E-state index >= 15 is 0 Å². The van der Waals surface area contributed by atoms with E-state index in [4.69, 9.17) is 5.73 Å². The number of carbonyl (C=O) groups excluding carboxylic acids is 1. The average Bonchev–Trinajstić information content (AvgIpc) is 2.84. The highest BCUT2D eigenvalue weighted by Gasteiger charge is 2.05. The van der Waals surface area contributed by atoms with Gasteiger partial charge in [-0.25, -0.2) is 0 Å². The third kappa shape index (κ3) is 3.66. The molecule has 0 aliphatic heterocycles. The van der Waals surface area contributed by atoms with Crippen molar-refractivity contribution in [2.24, 2.45) is 12.8 Å². The number of hydrogen-bond donors (Lipinski definition) is 2. The quantitative estimate of drug-likeness (QED) is 0.835. The standard InChI is InChI=1S/C14H18N4O/c1-18-8-6-13(17-18)5-7-16-14(19)12-4-2-3-11(9-12)10-15/h2-4,6,8-9H,5,7,10,15H2,1H3,(H,16,19). The van der Waals surface area contributed by atoms with Crippen molar-refractivity contribution < 1.29 is 4.79 Å². The van der Waals surface area contributed by atoms with Crippen molar-refractivity contribution in [1.82, 2.24) is 15.1 Å². The lowest BCUT2D eigenvalue weighted by Crippen LogP contribution is -2.26. The van der Waals surface area contributed by atoms with E-state index in [9.17, 15) is 4.79 Å². The van der Waals surface area contributed by atoms with Gasteiger partial charge in [0.25, 0.3) is 5.91 Å². The van der Waals surface area contributed by atoms with Crippen molar-refractivity contribution in [3.63, 3.8) is 0 Å². The largest absolute Gasteiger partial charge is 0.352 e. The number of nitrogens with two attached hydrogens (primary N) is 1. The summed E-state index contributed by atoms with van der Waals surface area (Å²) in [5, 5.41) is 7.14. The second-order valence-electron chi connectivity index (χ2n) is 4.39. The number of nitrogens with zero attached hydrogens (tertiary/aromatic N) is 2. The molecule has 0 saturated carbocycles. The molecule has 1 aromatic heterocycles. The maximum Gasteiger partial charge on any atom is 0.251 e. The second kappa shape index (κ2) is 6.15. The summed E-state index contributed by atoms with van der Waals surface area (Å²) in [6.07, 6.45) is 2.62. The number of hydrogen-bond acceptors (Lipinski definition) is 3. The van der Waals surface area contributed by atoms with Crippen LogP contribution in [-0.4, -0.2) is 22.2 Å². The lowest BCUT2D eigenvalue weighted by Gasteiger charge is -2.05. The van der Waals surface area contributed by atoms with Gasteiger partial charge in [-0.05, 0) is 23.8 Å². The lowest BCUT2D eigenvalue weighted by atomic mass is 10.1. The van der Waals surface area contributed by atoms with Crippen LogP contribution < -0.4 is 11.1 Å². The van der Waals surface area contributed by atoms with Gasteiger partial charge in [0.1, 0.15) is 0 Å². The van der Waals surface area contributed by atoms with Crippen LogP contribution in [0.5, 0.6) is 0 Å². The van der Waals surface area contributed by atoms with Crippen molar-refractivity contribution in [2.75, 3.05) is 6.54 Å². The predicted molar refractivity (Wildman–Crippen MR) is 73.6 cm³/mol. The minimum atomic E-state index is -0.0776. The molecule has 0 unspecified atom stereocenters. The summed E-state index contributed by atoms with van der Waals surface area (Å²) in [5.74, 6) is -0.0776. The fourth-order valence-corrected chi connectivity index (χ4v) is 1.84. The molecule has 5 nitrogen and oxygen atoms in total. The molecular weight excluding hydrogens is 240 g/mol. The molecule has 0 radical (unpaired) electrons. The molecule has 1 heterocycles. The van der Waals surface area contributed by atoms with Gasteiger partial charge in [0.05, 0.1) is 5.69 Å². The number of aryl methyl sites for hydroxylation is 1. The zero-order valence-electron chi connectivity index (χ0n) is 11.0. The molecule has 1 aromatic carbocycles. The normalized spacial score (nSPS) is 10.4. The van der Waals surface area contributed by atoms with Crippen molar-refractivity contribution >= 4 is 5.91 Å². The molecule has 0 aliphatic carbocycles. The molecule has 0 bridgehead atoms. The van der Waals surface area contributed by atoms with Crippen LogP contribution >= 0.6 is 0 Å². The molecule has 0 aliphatic rings. The van der Waals surface area contributed by atoms with E-state index in [0.29, 0.717) is 18.7 Å². The van der Waals surface area contributed by atoms with E-state index < -0.39 is 0 Å². The van der Waals surface area contributed by atoms with Gasteiger partial charge in [-0.2, -0.15) is 5.10 Å². The molecule has 0 spiro atoms. The number of aromatic nitrogens is 2. The molecule has 100 valence electrons. The van der Waals surface area contributed by atoms with Crippen LogP contribution in [0.15, 0.2) is 36.5 Å². The minimum absolute atomic E-state index is 0.0776. The van der Waals surface area contributed by atoms with Gasteiger partial charge in [0.15, 0.2) is 0 Å². The maximum atomic E-state index is 11.9. The third-order valence-electron chi connectivity index (χ3n) is 2.86. The van der Waals surface area contributed by atoms with Crippen molar-refractivity contribution in [1.29, 1.82) is 0 Å². The van der Waals surface area contributed by atoms with E-state index in [-0.39, 0.29) is 5.91 Å². The Morgan fingerprint density at radius 3 is 2.95 bits per heavy atom. The molecule has 19 heavy (non-hydrogen) atoms. The van der Waals surface area contributed by atoms with Crippen molar-refractivity contribution in [3.8, 4) is 0 Å².